The van der Waals surface area contributed by atoms with Crippen molar-refractivity contribution in [3.05, 3.63) is 44.2 Å². The highest BCUT2D eigenvalue weighted by Gasteiger charge is 2.14. The number of aromatic nitrogens is 1. The number of nitro benzene ring substituents is 1. The Morgan fingerprint density at radius 1 is 1.35 bits per heavy atom. The van der Waals surface area contributed by atoms with Gasteiger partial charge in [0.25, 0.3) is 5.69 Å². The highest BCUT2D eigenvalue weighted by atomic mass is 16.6. The first-order valence-corrected chi connectivity index (χ1v) is 4.89. The van der Waals surface area contributed by atoms with Crippen LogP contribution in [-0.4, -0.2) is 17.0 Å². The minimum atomic E-state index is -0.494. The Bertz CT molecular complexity index is 660. The normalized spacial score (nSPS) is 10.5. The summed E-state index contributed by atoms with van der Waals surface area (Å²) in [6.45, 7) is 1.72. The number of hydrogen-bond acceptors (Lipinski definition) is 4. The lowest BCUT2D eigenvalue weighted by Crippen LogP contribution is -2.06. The van der Waals surface area contributed by atoms with Crippen molar-refractivity contribution in [2.24, 2.45) is 0 Å². The molecule has 1 N–H and O–H groups in total. The van der Waals surface area contributed by atoms with Gasteiger partial charge in [0.1, 0.15) is 5.75 Å². The fourth-order valence-electron chi connectivity index (χ4n) is 1.74. The number of hydrogen-bond donors (Lipinski definition) is 1. The summed E-state index contributed by atoms with van der Waals surface area (Å²) in [4.78, 5) is 24.2. The van der Waals surface area contributed by atoms with E-state index < -0.39 is 4.92 Å². The van der Waals surface area contributed by atoms with E-state index in [9.17, 15) is 14.9 Å². The molecule has 0 saturated heterocycles. The Morgan fingerprint density at radius 3 is 2.65 bits per heavy atom. The molecule has 1 aromatic heterocycles. The molecule has 88 valence electrons. The van der Waals surface area contributed by atoms with Crippen molar-refractivity contribution in [1.82, 2.24) is 4.98 Å². The van der Waals surface area contributed by atoms with E-state index in [0.29, 0.717) is 16.5 Å². The highest BCUT2D eigenvalue weighted by molar-refractivity contribution is 5.89. The number of nitrogens with one attached hydrogen (secondary N) is 1. The Balaban J connectivity index is 2.92. The Labute approximate surface area is 96.0 Å². The molecule has 2 aromatic rings. The number of methoxy groups -OCH3 is 1. The van der Waals surface area contributed by atoms with E-state index in [0.717, 1.165) is 0 Å². The van der Waals surface area contributed by atoms with Gasteiger partial charge in [0.05, 0.1) is 23.6 Å². The fraction of sp³-hybridized carbons (Fsp3) is 0.182. The molecule has 0 unspecified atom stereocenters. The summed E-state index contributed by atoms with van der Waals surface area (Å²) in [5.41, 5.74) is 0.820. The van der Waals surface area contributed by atoms with Gasteiger partial charge in [-0.2, -0.15) is 0 Å². The quantitative estimate of drug-likeness (QED) is 0.633. The van der Waals surface area contributed by atoms with E-state index in [1.54, 1.807) is 6.92 Å². The standard InChI is InChI=1S/C11H10N2O4/c1-6-3-10(14)12-11-8(6)4-7(13(15)16)5-9(11)17-2/h3-5H,1-2H3,(H,12,14). The van der Waals surface area contributed by atoms with Crippen LogP contribution in [0.4, 0.5) is 5.69 Å². The summed E-state index contributed by atoms with van der Waals surface area (Å²) in [5, 5.41) is 11.4. The van der Waals surface area contributed by atoms with Crippen LogP contribution in [0, 0.1) is 17.0 Å². The fourth-order valence-corrected chi connectivity index (χ4v) is 1.74. The highest BCUT2D eigenvalue weighted by Crippen LogP contribution is 2.30. The molecule has 0 aliphatic heterocycles. The third-order valence-corrected chi connectivity index (χ3v) is 2.54. The number of aromatic amines is 1. The van der Waals surface area contributed by atoms with Gasteiger partial charge in [0.2, 0.25) is 5.56 Å². The molecule has 0 atom stereocenters. The van der Waals surface area contributed by atoms with E-state index in [1.165, 1.54) is 25.3 Å². The van der Waals surface area contributed by atoms with Crippen molar-refractivity contribution in [3.63, 3.8) is 0 Å². The van der Waals surface area contributed by atoms with E-state index in [4.69, 9.17) is 4.74 Å². The molecule has 1 heterocycles. The monoisotopic (exact) mass is 234 g/mol. The molecular weight excluding hydrogens is 224 g/mol. The molecule has 2 rings (SSSR count). The van der Waals surface area contributed by atoms with Crippen LogP contribution in [0.5, 0.6) is 5.75 Å². The SMILES string of the molecule is COc1cc([N+](=O)[O-])cc2c(C)cc(=O)[nH]c12. The van der Waals surface area contributed by atoms with Gasteiger partial charge in [0.15, 0.2) is 0 Å². The number of pyridine rings is 1. The zero-order chi connectivity index (χ0) is 12.6. The smallest absolute Gasteiger partial charge is 0.273 e. The van der Waals surface area contributed by atoms with Crippen molar-refractivity contribution in [1.29, 1.82) is 0 Å². The first-order chi connectivity index (χ1) is 8.02. The first kappa shape index (κ1) is 11.1. The number of fused-ring (bicyclic) bond motifs is 1. The second-order valence-electron chi connectivity index (χ2n) is 3.64. The maximum absolute atomic E-state index is 11.3. The van der Waals surface area contributed by atoms with Gasteiger partial charge in [0, 0.05) is 17.5 Å². The molecule has 6 heteroatoms. The van der Waals surface area contributed by atoms with Gasteiger partial charge in [-0.1, -0.05) is 0 Å². The average Bonchev–Trinajstić information content (AvgIpc) is 2.27. The topological polar surface area (TPSA) is 85.2 Å². The summed E-state index contributed by atoms with van der Waals surface area (Å²) in [7, 11) is 1.40. The molecule has 0 radical (unpaired) electrons. The van der Waals surface area contributed by atoms with Crippen LogP contribution in [0.3, 0.4) is 0 Å². The zero-order valence-electron chi connectivity index (χ0n) is 9.31. The number of rotatable bonds is 2. The molecule has 0 fully saturated rings. The molecule has 0 saturated carbocycles. The van der Waals surface area contributed by atoms with E-state index in [1.807, 2.05) is 0 Å². The van der Waals surface area contributed by atoms with Gasteiger partial charge >= 0.3 is 0 Å². The van der Waals surface area contributed by atoms with Gasteiger partial charge in [-0.05, 0) is 12.5 Å². The number of nitrogens with zero attached hydrogens (tertiary/aromatic N) is 1. The molecule has 0 aliphatic carbocycles. The number of H-pyrrole nitrogens is 1. The van der Waals surface area contributed by atoms with Crippen molar-refractivity contribution < 1.29 is 9.66 Å². The average molecular weight is 234 g/mol. The number of benzene rings is 1. The van der Waals surface area contributed by atoms with Crippen molar-refractivity contribution >= 4 is 16.6 Å². The van der Waals surface area contributed by atoms with Crippen LogP contribution >= 0.6 is 0 Å². The van der Waals surface area contributed by atoms with Crippen LogP contribution in [0.25, 0.3) is 10.9 Å². The number of ether oxygens (including phenoxy) is 1. The lowest BCUT2D eigenvalue weighted by Gasteiger charge is -2.06. The van der Waals surface area contributed by atoms with Gasteiger partial charge in [-0.25, -0.2) is 0 Å². The summed E-state index contributed by atoms with van der Waals surface area (Å²) in [6.07, 6.45) is 0. The summed E-state index contributed by atoms with van der Waals surface area (Å²) in [6, 6.07) is 4.10. The maximum atomic E-state index is 11.3. The van der Waals surface area contributed by atoms with Crippen LogP contribution in [-0.2, 0) is 0 Å². The van der Waals surface area contributed by atoms with Crippen LogP contribution in [0.15, 0.2) is 23.0 Å². The maximum Gasteiger partial charge on any atom is 0.273 e. The zero-order valence-corrected chi connectivity index (χ0v) is 9.31. The number of non-ortho nitro benzene ring substituents is 1. The van der Waals surface area contributed by atoms with E-state index >= 15 is 0 Å². The number of aryl methyl sites for hydroxylation is 1. The number of nitro groups is 1. The van der Waals surface area contributed by atoms with E-state index in [2.05, 4.69) is 4.98 Å². The van der Waals surface area contributed by atoms with Crippen LogP contribution < -0.4 is 10.3 Å². The van der Waals surface area contributed by atoms with Crippen molar-refractivity contribution in [2.75, 3.05) is 7.11 Å². The lowest BCUT2D eigenvalue weighted by molar-refractivity contribution is -0.384. The third kappa shape index (κ3) is 1.84. The lowest BCUT2D eigenvalue weighted by atomic mass is 10.1. The Hall–Kier alpha value is -2.37. The summed E-state index contributed by atoms with van der Waals surface area (Å²) < 4.78 is 5.05. The molecule has 17 heavy (non-hydrogen) atoms. The minimum Gasteiger partial charge on any atom is -0.494 e. The molecule has 0 spiro atoms. The summed E-state index contributed by atoms with van der Waals surface area (Å²) >= 11 is 0. The van der Waals surface area contributed by atoms with Gasteiger partial charge < -0.3 is 9.72 Å². The molecule has 0 aliphatic rings. The Morgan fingerprint density at radius 2 is 2.06 bits per heavy atom. The van der Waals surface area contributed by atoms with Gasteiger partial charge in [-0.3, -0.25) is 14.9 Å². The minimum absolute atomic E-state index is 0.0653. The molecule has 6 nitrogen and oxygen atoms in total. The molecule has 0 amide bonds. The molecule has 0 bridgehead atoms. The second kappa shape index (κ2) is 3.89. The predicted octanol–water partition coefficient (Wildman–Crippen LogP) is 1.75. The first-order valence-electron chi connectivity index (χ1n) is 4.89. The van der Waals surface area contributed by atoms with Crippen molar-refractivity contribution in [2.45, 2.75) is 6.92 Å². The second-order valence-corrected chi connectivity index (χ2v) is 3.64. The third-order valence-electron chi connectivity index (χ3n) is 2.54. The van der Waals surface area contributed by atoms with Crippen LogP contribution in [0.2, 0.25) is 0 Å². The van der Waals surface area contributed by atoms with E-state index in [-0.39, 0.29) is 17.0 Å². The Kier molecular flexibility index (Phi) is 2.55. The summed E-state index contributed by atoms with van der Waals surface area (Å²) in [5.74, 6) is 0.287. The van der Waals surface area contributed by atoms with Crippen molar-refractivity contribution in [3.8, 4) is 5.75 Å². The van der Waals surface area contributed by atoms with Crippen LogP contribution in [0.1, 0.15) is 5.56 Å². The van der Waals surface area contributed by atoms with Gasteiger partial charge in [-0.15, -0.1) is 0 Å². The predicted molar refractivity (Wildman–Crippen MR) is 62.5 cm³/mol. The molecule has 1 aromatic carbocycles. The largest absolute Gasteiger partial charge is 0.494 e. The molecular formula is C11H10N2O4.